The van der Waals surface area contributed by atoms with Crippen molar-refractivity contribution in [1.29, 1.82) is 0 Å². The van der Waals surface area contributed by atoms with Gasteiger partial charge in [0, 0.05) is 0 Å². The topological polar surface area (TPSA) is 82.5 Å². The van der Waals surface area contributed by atoms with Crippen LogP contribution >= 0.6 is 27.3 Å². The summed E-state index contributed by atoms with van der Waals surface area (Å²) < 4.78 is 37.9. The van der Waals surface area contributed by atoms with Crippen LogP contribution in [0.1, 0.15) is 5.01 Å². The average molecular weight is 315 g/mol. The van der Waals surface area contributed by atoms with E-state index in [4.69, 9.17) is 5.73 Å². The van der Waals surface area contributed by atoms with Crippen LogP contribution in [0.3, 0.4) is 0 Å². The molecule has 0 fully saturated rings. The van der Waals surface area contributed by atoms with Crippen molar-refractivity contribution in [3.05, 3.63) is 9.74 Å². The zero-order chi connectivity index (χ0) is 11.9. The van der Waals surface area contributed by atoms with Gasteiger partial charge in [-0.25, -0.2) is 0 Å². The average Bonchev–Trinajstić information content (AvgIpc) is 2.70. The molecule has 0 saturated carbocycles. The molecule has 0 radical (unpaired) electrons. The number of hydrogen-bond donors (Lipinski definition) is 1. The van der Waals surface area contributed by atoms with Gasteiger partial charge in [-0.2, -0.15) is 22.8 Å². The standard InChI is InChI=1S/C5H2BrF3N6S/c6-2-11-3(10)14-15(2)4-13-12-1(16-4)5(7,8)9/h(H2,10,14). The van der Waals surface area contributed by atoms with E-state index >= 15 is 0 Å². The number of halogens is 4. The highest BCUT2D eigenvalue weighted by molar-refractivity contribution is 9.10. The van der Waals surface area contributed by atoms with Gasteiger partial charge in [0.25, 0.3) is 0 Å². The molecule has 0 spiro atoms. The van der Waals surface area contributed by atoms with Crippen molar-refractivity contribution in [2.24, 2.45) is 0 Å². The molecular weight excluding hydrogens is 313 g/mol. The summed E-state index contributed by atoms with van der Waals surface area (Å²) in [4.78, 5) is 3.66. The second kappa shape index (κ2) is 3.66. The fourth-order valence-corrected chi connectivity index (χ4v) is 2.06. The first-order valence-corrected chi connectivity index (χ1v) is 5.28. The third-order valence-electron chi connectivity index (χ3n) is 1.42. The van der Waals surface area contributed by atoms with Crippen LogP contribution in [0.2, 0.25) is 0 Å². The van der Waals surface area contributed by atoms with E-state index in [0.29, 0.717) is 11.3 Å². The summed E-state index contributed by atoms with van der Waals surface area (Å²) in [5, 5.41) is 8.89. The van der Waals surface area contributed by atoms with Crippen molar-refractivity contribution >= 4 is 33.2 Å². The molecule has 0 aromatic carbocycles. The number of anilines is 1. The Labute approximate surface area is 98.4 Å². The van der Waals surface area contributed by atoms with E-state index in [9.17, 15) is 13.2 Å². The van der Waals surface area contributed by atoms with Crippen LogP contribution in [-0.2, 0) is 6.18 Å². The lowest BCUT2D eigenvalue weighted by Gasteiger charge is -1.97. The fourth-order valence-electron chi connectivity index (χ4n) is 0.845. The van der Waals surface area contributed by atoms with E-state index in [1.807, 2.05) is 0 Å². The molecule has 0 bridgehead atoms. The molecule has 0 aliphatic rings. The van der Waals surface area contributed by atoms with Crippen LogP contribution in [0.4, 0.5) is 19.1 Å². The molecule has 2 heterocycles. The fraction of sp³-hybridized carbons (Fsp3) is 0.200. The normalized spacial score (nSPS) is 12.0. The molecule has 16 heavy (non-hydrogen) atoms. The number of nitrogens with zero attached hydrogens (tertiary/aromatic N) is 5. The van der Waals surface area contributed by atoms with Gasteiger partial charge in [0.05, 0.1) is 0 Å². The Hall–Kier alpha value is -1.23. The summed E-state index contributed by atoms with van der Waals surface area (Å²) in [6.45, 7) is 0. The minimum atomic E-state index is -4.52. The van der Waals surface area contributed by atoms with E-state index in [1.54, 1.807) is 0 Å². The largest absolute Gasteiger partial charge is 0.445 e. The van der Waals surface area contributed by atoms with Crippen molar-refractivity contribution in [1.82, 2.24) is 25.0 Å². The van der Waals surface area contributed by atoms with Crippen LogP contribution in [-0.4, -0.2) is 25.0 Å². The maximum Gasteiger partial charge on any atom is 0.445 e. The zero-order valence-electron chi connectivity index (χ0n) is 7.23. The molecule has 0 aliphatic carbocycles. The van der Waals surface area contributed by atoms with Gasteiger partial charge >= 0.3 is 6.18 Å². The third kappa shape index (κ3) is 2.00. The maximum atomic E-state index is 12.2. The molecule has 0 atom stereocenters. The minimum Gasteiger partial charge on any atom is -0.366 e. The second-order valence-electron chi connectivity index (χ2n) is 2.54. The van der Waals surface area contributed by atoms with Gasteiger partial charge < -0.3 is 5.73 Å². The molecule has 6 nitrogen and oxygen atoms in total. The summed E-state index contributed by atoms with van der Waals surface area (Å²) in [7, 11) is 0. The molecule has 86 valence electrons. The highest BCUT2D eigenvalue weighted by Crippen LogP contribution is 2.32. The predicted octanol–water partition coefficient (Wildman–Crippen LogP) is 1.48. The molecule has 0 amide bonds. The van der Waals surface area contributed by atoms with Crippen LogP contribution in [0.15, 0.2) is 4.73 Å². The summed E-state index contributed by atoms with van der Waals surface area (Å²) in [5.74, 6) is -0.0735. The lowest BCUT2D eigenvalue weighted by atomic mass is 10.7. The second-order valence-corrected chi connectivity index (χ2v) is 4.20. The van der Waals surface area contributed by atoms with E-state index in [0.717, 1.165) is 4.68 Å². The van der Waals surface area contributed by atoms with Crippen molar-refractivity contribution in [2.45, 2.75) is 6.18 Å². The molecule has 2 rings (SSSR count). The first kappa shape index (κ1) is 11.3. The van der Waals surface area contributed by atoms with Crippen molar-refractivity contribution in [3.8, 4) is 5.13 Å². The molecule has 2 aromatic rings. The minimum absolute atomic E-state index is 0.0663. The van der Waals surface area contributed by atoms with Crippen LogP contribution in [0, 0.1) is 0 Å². The Morgan fingerprint density at radius 1 is 1.31 bits per heavy atom. The SMILES string of the molecule is Nc1nc(Br)n(-c2nnc(C(F)(F)F)s2)n1. The summed E-state index contributed by atoms with van der Waals surface area (Å²) in [6, 6.07) is 0. The molecule has 0 saturated heterocycles. The van der Waals surface area contributed by atoms with E-state index in [2.05, 4.69) is 36.2 Å². The summed E-state index contributed by atoms with van der Waals surface area (Å²) in [6.07, 6.45) is -4.52. The zero-order valence-corrected chi connectivity index (χ0v) is 9.64. The maximum absolute atomic E-state index is 12.2. The van der Waals surface area contributed by atoms with Gasteiger partial charge in [-0.15, -0.1) is 15.3 Å². The van der Waals surface area contributed by atoms with Gasteiger partial charge in [-0.3, -0.25) is 0 Å². The molecule has 11 heteroatoms. The Bertz CT molecular complexity index is 518. The molecule has 2 N–H and O–H groups in total. The van der Waals surface area contributed by atoms with Crippen molar-refractivity contribution in [3.63, 3.8) is 0 Å². The first-order chi connectivity index (χ1) is 7.38. The highest BCUT2D eigenvalue weighted by atomic mass is 79.9. The first-order valence-electron chi connectivity index (χ1n) is 3.67. The predicted molar refractivity (Wildman–Crippen MR) is 51.9 cm³/mol. The van der Waals surface area contributed by atoms with Gasteiger partial charge in [0.1, 0.15) is 0 Å². The quantitative estimate of drug-likeness (QED) is 0.862. The highest BCUT2D eigenvalue weighted by Gasteiger charge is 2.36. The number of rotatable bonds is 1. The number of alkyl halides is 3. The Morgan fingerprint density at radius 2 is 2.00 bits per heavy atom. The van der Waals surface area contributed by atoms with E-state index < -0.39 is 11.2 Å². The van der Waals surface area contributed by atoms with E-state index in [1.165, 1.54) is 0 Å². The van der Waals surface area contributed by atoms with Gasteiger partial charge in [-0.1, -0.05) is 11.3 Å². The Morgan fingerprint density at radius 3 is 2.44 bits per heavy atom. The van der Waals surface area contributed by atoms with Gasteiger partial charge in [0.15, 0.2) is 0 Å². The molecule has 2 aromatic heterocycles. The van der Waals surface area contributed by atoms with Crippen molar-refractivity contribution in [2.75, 3.05) is 5.73 Å². The molecular formula is C5H2BrF3N6S. The monoisotopic (exact) mass is 314 g/mol. The number of nitrogens with two attached hydrogens (primary N) is 1. The van der Waals surface area contributed by atoms with Gasteiger partial charge in [0.2, 0.25) is 20.8 Å². The van der Waals surface area contributed by atoms with Gasteiger partial charge in [-0.05, 0) is 15.9 Å². The molecule has 0 unspecified atom stereocenters. The van der Waals surface area contributed by atoms with Crippen LogP contribution in [0.5, 0.6) is 0 Å². The smallest absolute Gasteiger partial charge is 0.366 e. The Balaban J connectivity index is 2.43. The summed E-state index contributed by atoms with van der Waals surface area (Å²) >= 11 is 3.33. The number of nitrogen functional groups attached to an aromatic ring is 1. The van der Waals surface area contributed by atoms with Crippen molar-refractivity contribution < 1.29 is 13.2 Å². The number of aromatic nitrogens is 5. The number of hydrogen-bond acceptors (Lipinski definition) is 6. The third-order valence-corrected chi connectivity index (χ3v) is 2.88. The lowest BCUT2D eigenvalue weighted by Crippen LogP contribution is -2.03. The molecule has 0 aliphatic heterocycles. The Kier molecular flexibility index (Phi) is 2.58. The lowest BCUT2D eigenvalue weighted by molar-refractivity contribution is -0.138. The summed E-state index contributed by atoms with van der Waals surface area (Å²) in [5.41, 5.74) is 5.27. The van der Waals surface area contributed by atoms with Crippen LogP contribution in [0.25, 0.3) is 5.13 Å². The van der Waals surface area contributed by atoms with E-state index in [-0.39, 0.29) is 15.8 Å². The van der Waals surface area contributed by atoms with Crippen LogP contribution < -0.4 is 5.73 Å².